The molecule has 0 saturated carbocycles. The second-order valence-electron chi connectivity index (χ2n) is 7.49. The SMILES string of the molecule is CCOc1cc2c(cc1OCCCO)-c1c(c(Nc3cccc(C(=O)OC)c3)nn1C)C2. The first-order valence-corrected chi connectivity index (χ1v) is 10.6. The van der Waals surface area contributed by atoms with E-state index in [0.717, 1.165) is 33.9 Å². The number of esters is 1. The molecule has 32 heavy (non-hydrogen) atoms. The van der Waals surface area contributed by atoms with E-state index < -0.39 is 0 Å². The Kier molecular flexibility index (Phi) is 6.32. The van der Waals surface area contributed by atoms with E-state index in [9.17, 15) is 4.79 Å². The zero-order valence-electron chi connectivity index (χ0n) is 18.5. The van der Waals surface area contributed by atoms with Gasteiger partial charge in [-0.05, 0) is 42.8 Å². The molecule has 0 saturated heterocycles. The summed E-state index contributed by atoms with van der Waals surface area (Å²) in [6.45, 7) is 2.96. The van der Waals surface area contributed by atoms with E-state index in [4.69, 9.17) is 19.3 Å². The highest BCUT2D eigenvalue weighted by Crippen LogP contribution is 2.45. The van der Waals surface area contributed by atoms with Crippen LogP contribution in [0.2, 0.25) is 0 Å². The lowest BCUT2D eigenvalue weighted by Gasteiger charge is -2.14. The van der Waals surface area contributed by atoms with Crippen LogP contribution in [-0.2, 0) is 18.2 Å². The molecule has 1 heterocycles. The van der Waals surface area contributed by atoms with Crippen molar-refractivity contribution in [2.45, 2.75) is 19.8 Å². The van der Waals surface area contributed by atoms with Crippen molar-refractivity contribution >= 4 is 17.5 Å². The number of hydrogen-bond acceptors (Lipinski definition) is 7. The van der Waals surface area contributed by atoms with Gasteiger partial charge in [-0.15, -0.1) is 0 Å². The number of rotatable bonds is 9. The van der Waals surface area contributed by atoms with E-state index in [-0.39, 0.29) is 12.6 Å². The highest BCUT2D eigenvalue weighted by Gasteiger charge is 2.29. The molecule has 0 atom stereocenters. The lowest BCUT2D eigenvalue weighted by Crippen LogP contribution is -2.04. The number of ether oxygens (including phenoxy) is 3. The monoisotopic (exact) mass is 437 g/mol. The van der Waals surface area contributed by atoms with E-state index in [1.54, 1.807) is 18.2 Å². The molecule has 1 aliphatic carbocycles. The molecular formula is C24H27N3O5. The third-order valence-corrected chi connectivity index (χ3v) is 5.34. The van der Waals surface area contributed by atoms with Gasteiger partial charge in [0.2, 0.25) is 0 Å². The van der Waals surface area contributed by atoms with Gasteiger partial charge in [0.1, 0.15) is 0 Å². The number of aryl methyl sites for hydroxylation is 1. The van der Waals surface area contributed by atoms with Gasteiger partial charge in [0, 0.05) is 43.3 Å². The molecule has 1 aromatic heterocycles. The first kappa shape index (κ1) is 21.7. The fourth-order valence-electron chi connectivity index (χ4n) is 3.94. The van der Waals surface area contributed by atoms with Crippen molar-refractivity contribution in [3.05, 3.63) is 53.1 Å². The number of carbonyl (C=O) groups excluding carboxylic acids is 1. The van der Waals surface area contributed by atoms with Crippen LogP contribution in [-0.4, -0.2) is 47.8 Å². The van der Waals surface area contributed by atoms with Crippen molar-refractivity contribution in [1.82, 2.24) is 9.78 Å². The molecule has 0 bridgehead atoms. The minimum absolute atomic E-state index is 0.0764. The van der Waals surface area contributed by atoms with Crippen LogP contribution in [0.15, 0.2) is 36.4 Å². The molecule has 0 aliphatic heterocycles. The third-order valence-electron chi connectivity index (χ3n) is 5.34. The van der Waals surface area contributed by atoms with Gasteiger partial charge in [-0.2, -0.15) is 5.10 Å². The van der Waals surface area contributed by atoms with Crippen molar-refractivity contribution in [3.8, 4) is 22.8 Å². The number of nitrogens with zero attached hydrogens (tertiary/aromatic N) is 2. The van der Waals surface area contributed by atoms with Crippen LogP contribution in [0, 0.1) is 0 Å². The summed E-state index contributed by atoms with van der Waals surface area (Å²) in [5, 5.41) is 17.1. The molecule has 0 radical (unpaired) electrons. The summed E-state index contributed by atoms with van der Waals surface area (Å²) < 4.78 is 18.4. The van der Waals surface area contributed by atoms with Crippen LogP contribution >= 0.6 is 0 Å². The minimum Gasteiger partial charge on any atom is -0.490 e. The number of fused-ring (bicyclic) bond motifs is 3. The van der Waals surface area contributed by atoms with E-state index in [0.29, 0.717) is 43.1 Å². The number of hydrogen-bond donors (Lipinski definition) is 2. The second-order valence-corrected chi connectivity index (χ2v) is 7.49. The quantitative estimate of drug-likeness (QED) is 0.305. The number of methoxy groups -OCH3 is 1. The molecular weight excluding hydrogens is 410 g/mol. The zero-order valence-corrected chi connectivity index (χ0v) is 18.5. The minimum atomic E-state index is -0.385. The molecule has 0 unspecified atom stereocenters. The zero-order chi connectivity index (χ0) is 22.7. The largest absolute Gasteiger partial charge is 0.490 e. The number of aliphatic hydroxyl groups excluding tert-OH is 1. The molecule has 8 heteroatoms. The number of anilines is 2. The third kappa shape index (κ3) is 4.13. The number of carbonyl (C=O) groups is 1. The van der Waals surface area contributed by atoms with E-state index in [1.807, 2.05) is 36.9 Å². The lowest BCUT2D eigenvalue weighted by atomic mass is 10.1. The summed E-state index contributed by atoms with van der Waals surface area (Å²) in [7, 11) is 3.27. The smallest absolute Gasteiger partial charge is 0.337 e. The number of aromatic nitrogens is 2. The van der Waals surface area contributed by atoms with Crippen molar-refractivity contribution < 1.29 is 24.1 Å². The van der Waals surface area contributed by atoms with E-state index in [1.165, 1.54) is 7.11 Å². The summed E-state index contributed by atoms with van der Waals surface area (Å²) in [4.78, 5) is 11.9. The molecule has 8 nitrogen and oxygen atoms in total. The molecule has 2 aromatic carbocycles. The summed E-state index contributed by atoms with van der Waals surface area (Å²) >= 11 is 0. The molecule has 3 aromatic rings. The van der Waals surface area contributed by atoms with Gasteiger partial charge >= 0.3 is 5.97 Å². The molecule has 0 fully saturated rings. The first-order valence-electron chi connectivity index (χ1n) is 10.6. The topological polar surface area (TPSA) is 94.8 Å². The van der Waals surface area contributed by atoms with Crippen molar-refractivity contribution in [2.24, 2.45) is 7.05 Å². The van der Waals surface area contributed by atoms with Gasteiger partial charge < -0.3 is 24.6 Å². The maximum Gasteiger partial charge on any atom is 0.337 e. The van der Waals surface area contributed by atoms with Crippen molar-refractivity contribution in [3.63, 3.8) is 0 Å². The Hall–Kier alpha value is -3.52. The predicted molar refractivity (Wildman–Crippen MR) is 121 cm³/mol. The Morgan fingerprint density at radius 3 is 2.78 bits per heavy atom. The lowest BCUT2D eigenvalue weighted by molar-refractivity contribution is 0.0600. The van der Waals surface area contributed by atoms with Gasteiger partial charge in [0.15, 0.2) is 17.3 Å². The van der Waals surface area contributed by atoms with Crippen LogP contribution in [0.25, 0.3) is 11.3 Å². The number of aliphatic hydroxyl groups is 1. The maximum absolute atomic E-state index is 11.9. The molecule has 4 rings (SSSR count). The molecule has 0 amide bonds. The van der Waals surface area contributed by atoms with Gasteiger partial charge in [0.05, 0.1) is 31.6 Å². The molecule has 2 N–H and O–H groups in total. The Morgan fingerprint density at radius 1 is 1.22 bits per heavy atom. The summed E-state index contributed by atoms with van der Waals surface area (Å²) in [6, 6.07) is 11.2. The van der Waals surface area contributed by atoms with Crippen molar-refractivity contribution in [1.29, 1.82) is 0 Å². The molecule has 1 aliphatic rings. The first-order chi connectivity index (χ1) is 15.5. The number of benzene rings is 2. The predicted octanol–water partition coefficient (Wildman–Crippen LogP) is 3.68. The molecule has 168 valence electrons. The average Bonchev–Trinajstić information content (AvgIpc) is 3.31. The normalized spacial score (nSPS) is 11.6. The van der Waals surface area contributed by atoms with Crippen molar-refractivity contribution in [2.75, 3.05) is 32.2 Å². The van der Waals surface area contributed by atoms with Gasteiger partial charge in [0.25, 0.3) is 0 Å². The average molecular weight is 437 g/mol. The highest BCUT2D eigenvalue weighted by molar-refractivity contribution is 5.91. The van der Waals surface area contributed by atoms with E-state index in [2.05, 4.69) is 10.4 Å². The second kappa shape index (κ2) is 9.32. The Bertz CT molecular complexity index is 1140. The Balaban J connectivity index is 1.66. The fourth-order valence-corrected chi connectivity index (χ4v) is 3.94. The van der Waals surface area contributed by atoms with Gasteiger partial charge in [-0.3, -0.25) is 4.68 Å². The Labute approximate surface area is 186 Å². The standard InChI is InChI=1S/C24H27N3O5/c1-4-31-20-13-16-12-19-22(18(16)14-21(20)32-10-6-9-28)27(2)26-23(19)25-17-8-5-7-15(11-17)24(29)30-3/h5,7-8,11,13-14,28H,4,6,9-10,12H2,1-3H3,(H,25,26). The fraction of sp³-hybridized carbons (Fsp3) is 0.333. The Morgan fingerprint density at radius 2 is 2.03 bits per heavy atom. The summed E-state index contributed by atoms with van der Waals surface area (Å²) in [5.41, 5.74) is 5.50. The maximum atomic E-state index is 11.9. The van der Waals surface area contributed by atoms with Crippen LogP contribution in [0.4, 0.5) is 11.5 Å². The van der Waals surface area contributed by atoms with E-state index >= 15 is 0 Å². The summed E-state index contributed by atoms with van der Waals surface area (Å²) in [5.74, 6) is 1.71. The van der Waals surface area contributed by atoms with Crippen LogP contribution in [0.1, 0.15) is 34.8 Å². The van der Waals surface area contributed by atoms with Gasteiger partial charge in [-0.25, -0.2) is 4.79 Å². The van der Waals surface area contributed by atoms with Crippen LogP contribution in [0.5, 0.6) is 11.5 Å². The van der Waals surface area contributed by atoms with Crippen LogP contribution < -0.4 is 14.8 Å². The van der Waals surface area contributed by atoms with Crippen LogP contribution in [0.3, 0.4) is 0 Å². The molecule has 0 spiro atoms. The van der Waals surface area contributed by atoms with Gasteiger partial charge in [-0.1, -0.05) is 6.07 Å². The summed E-state index contributed by atoms with van der Waals surface area (Å²) in [6.07, 6.45) is 1.26. The highest BCUT2D eigenvalue weighted by atomic mass is 16.5. The number of nitrogens with one attached hydrogen (secondary N) is 1.